The second-order valence-corrected chi connectivity index (χ2v) is 2.31. The summed E-state index contributed by atoms with van der Waals surface area (Å²) in [6.07, 6.45) is 4.22. The number of carboxylic acid groups (broad SMARTS) is 2. The number of hydrogen-bond donors (Lipinski definition) is 3. The Labute approximate surface area is 69.2 Å². The van der Waals surface area contributed by atoms with Gasteiger partial charge in [-0.1, -0.05) is 5.92 Å². The van der Waals surface area contributed by atoms with Crippen LogP contribution in [0.25, 0.3) is 0 Å². The van der Waals surface area contributed by atoms with Gasteiger partial charge in [-0.3, -0.25) is 4.79 Å². The van der Waals surface area contributed by atoms with Crippen molar-refractivity contribution in [1.82, 2.24) is 0 Å². The van der Waals surface area contributed by atoms with E-state index in [1.807, 2.05) is 5.92 Å². The SMILES string of the molecule is C#CC(N)(CCC(=O)O)C(=O)O. The van der Waals surface area contributed by atoms with Crippen LogP contribution in [0.5, 0.6) is 0 Å². The van der Waals surface area contributed by atoms with Crippen LogP contribution in [0.3, 0.4) is 0 Å². The van der Waals surface area contributed by atoms with E-state index in [0.29, 0.717) is 0 Å². The van der Waals surface area contributed by atoms with Crippen LogP contribution in [0.15, 0.2) is 0 Å². The van der Waals surface area contributed by atoms with E-state index in [1.165, 1.54) is 0 Å². The van der Waals surface area contributed by atoms with E-state index >= 15 is 0 Å². The van der Waals surface area contributed by atoms with Gasteiger partial charge < -0.3 is 15.9 Å². The summed E-state index contributed by atoms with van der Waals surface area (Å²) >= 11 is 0. The number of nitrogens with two attached hydrogens (primary N) is 1. The summed E-state index contributed by atoms with van der Waals surface area (Å²) in [5, 5.41) is 16.7. The van der Waals surface area contributed by atoms with Crippen molar-refractivity contribution in [3.63, 3.8) is 0 Å². The first-order valence-corrected chi connectivity index (χ1v) is 3.14. The Kier molecular flexibility index (Phi) is 3.26. The van der Waals surface area contributed by atoms with Gasteiger partial charge in [-0.15, -0.1) is 6.42 Å². The van der Waals surface area contributed by atoms with Crippen LogP contribution >= 0.6 is 0 Å². The van der Waals surface area contributed by atoms with Gasteiger partial charge in [0.15, 0.2) is 5.54 Å². The lowest BCUT2D eigenvalue weighted by atomic mass is 9.96. The fraction of sp³-hybridized carbons (Fsp3) is 0.429. The predicted octanol–water partition coefficient (Wildman–Crippen LogP) is -0.733. The molecule has 0 aliphatic rings. The maximum Gasteiger partial charge on any atom is 0.336 e. The zero-order valence-electron chi connectivity index (χ0n) is 6.28. The fourth-order valence-corrected chi connectivity index (χ4v) is 0.545. The van der Waals surface area contributed by atoms with Crippen molar-refractivity contribution >= 4 is 11.9 Å². The summed E-state index contributed by atoms with van der Waals surface area (Å²) in [4.78, 5) is 20.5. The van der Waals surface area contributed by atoms with Gasteiger partial charge in [-0.25, -0.2) is 4.79 Å². The number of rotatable bonds is 4. The van der Waals surface area contributed by atoms with E-state index in [1.54, 1.807) is 0 Å². The highest BCUT2D eigenvalue weighted by molar-refractivity contribution is 5.83. The van der Waals surface area contributed by atoms with Gasteiger partial charge in [-0.05, 0) is 6.42 Å². The van der Waals surface area contributed by atoms with E-state index in [-0.39, 0.29) is 12.8 Å². The maximum absolute atomic E-state index is 10.4. The van der Waals surface area contributed by atoms with Crippen LogP contribution in [0.4, 0.5) is 0 Å². The number of carboxylic acids is 2. The molecule has 66 valence electrons. The Bertz CT molecular complexity index is 242. The minimum atomic E-state index is -1.86. The molecule has 0 aliphatic carbocycles. The van der Waals surface area contributed by atoms with E-state index in [2.05, 4.69) is 0 Å². The van der Waals surface area contributed by atoms with Gasteiger partial charge in [-0.2, -0.15) is 0 Å². The molecule has 5 heteroatoms. The normalized spacial score (nSPS) is 14.3. The van der Waals surface area contributed by atoms with Crippen LogP contribution in [0, 0.1) is 12.3 Å². The molecule has 4 N–H and O–H groups in total. The van der Waals surface area contributed by atoms with Crippen molar-refractivity contribution < 1.29 is 19.8 Å². The molecular formula is C7H9NO4. The van der Waals surface area contributed by atoms with Crippen molar-refractivity contribution in [3.8, 4) is 12.3 Å². The van der Waals surface area contributed by atoms with E-state index in [9.17, 15) is 9.59 Å². The predicted molar refractivity (Wildman–Crippen MR) is 40.3 cm³/mol. The highest BCUT2D eigenvalue weighted by atomic mass is 16.4. The molecule has 0 fully saturated rings. The van der Waals surface area contributed by atoms with E-state index in [4.69, 9.17) is 22.4 Å². The van der Waals surface area contributed by atoms with E-state index in [0.717, 1.165) is 0 Å². The highest BCUT2D eigenvalue weighted by Crippen LogP contribution is 2.08. The second-order valence-electron chi connectivity index (χ2n) is 2.31. The van der Waals surface area contributed by atoms with Gasteiger partial charge in [0.25, 0.3) is 0 Å². The van der Waals surface area contributed by atoms with Crippen LogP contribution in [0.1, 0.15) is 12.8 Å². The Hall–Kier alpha value is -1.54. The largest absolute Gasteiger partial charge is 0.481 e. The van der Waals surface area contributed by atoms with Gasteiger partial charge in [0, 0.05) is 6.42 Å². The summed E-state index contributed by atoms with van der Waals surface area (Å²) in [5.74, 6) is -0.659. The topological polar surface area (TPSA) is 101 Å². The molecule has 1 unspecified atom stereocenters. The average Bonchev–Trinajstić information content (AvgIpc) is 1.99. The molecule has 0 spiro atoms. The lowest BCUT2D eigenvalue weighted by molar-refractivity contribution is -0.142. The van der Waals surface area contributed by atoms with Crippen LogP contribution in [0.2, 0.25) is 0 Å². The zero-order chi connectivity index (χ0) is 9.78. The third kappa shape index (κ3) is 2.60. The molecular weight excluding hydrogens is 162 g/mol. The molecule has 12 heavy (non-hydrogen) atoms. The first-order chi connectivity index (χ1) is 5.42. The van der Waals surface area contributed by atoms with Gasteiger partial charge in [0.2, 0.25) is 0 Å². The Morgan fingerprint density at radius 1 is 1.50 bits per heavy atom. The third-order valence-electron chi connectivity index (χ3n) is 1.37. The summed E-state index contributed by atoms with van der Waals surface area (Å²) in [7, 11) is 0. The molecule has 0 radical (unpaired) electrons. The number of carbonyl (C=O) groups is 2. The van der Waals surface area contributed by atoms with Gasteiger partial charge >= 0.3 is 11.9 Å². The molecule has 0 saturated heterocycles. The highest BCUT2D eigenvalue weighted by Gasteiger charge is 2.31. The minimum absolute atomic E-state index is 0.270. The average molecular weight is 171 g/mol. The molecule has 0 amide bonds. The molecule has 0 saturated carbocycles. The number of hydrogen-bond acceptors (Lipinski definition) is 3. The maximum atomic E-state index is 10.4. The monoisotopic (exact) mass is 171 g/mol. The van der Waals surface area contributed by atoms with Crippen molar-refractivity contribution in [2.75, 3.05) is 0 Å². The summed E-state index contributed by atoms with van der Waals surface area (Å²) < 4.78 is 0. The van der Waals surface area contributed by atoms with Crippen molar-refractivity contribution in [1.29, 1.82) is 0 Å². The molecule has 0 aromatic carbocycles. The molecule has 0 bridgehead atoms. The first-order valence-electron chi connectivity index (χ1n) is 3.14. The van der Waals surface area contributed by atoms with Gasteiger partial charge in [0.1, 0.15) is 0 Å². The van der Waals surface area contributed by atoms with Crippen molar-refractivity contribution in [3.05, 3.63) is 0 Å². The fourth-order valence-electron chi connectivity index (χ4n) is 0.545. The van der Waals surface area contributed by atoms with Gasteiger partial charge in [0.05, 0.1) is 0 Å². The molecule has 0 aromatic rings. The lowest BCUT2D eigenvalue weighted by Gasteiger charge is -2.15. The Morgan fingerprint density at radius 2 is 2.00 bits per heavy atom. The summed E-state index contributed by atoms with van der Waals surface area (Å²) in [5.41, 5.74) is 3.33. The molecule has 0 heterocycles. The number of terminal acetylenes is 1. The minimum Gasteiger partial charge on any atom is -0.481 e. The zero-order valence-corrected chi connectivity index (χ0v) is 6.28. The lowest BCUT2D eigenvalue weighted by Crippen LogP contribution is -2.46. The Balaban J connectivity index is 4.28. The van der Waals surface area contributed by atoms with Crippen molar-refractivity contribution in [2.24, 2.45) is 5.73 Å². The number of aliphatic carboxylic acids is 2. The first kappa shape index (κ1) is 10.5. The summed E-state index contributed by atoms with van der Waals surface area (Å²) in [6.45, 7) is 0. The van der Waals surface area contributed by atoms with E-state index < -0.39 is 17.5 Å². The van der Waals surface area contributed by atoms with Crippen LogP contribution in [-0.4, -0.2) is 27.7 Å². The van der Waals surface area contributed by atoms with Crippen LogP contribution < -0.4 is 5.73 Å². The third-order valence-corrected chi connectivity index (χ3v) is 1.37. The summed E-state index contributed by atoms with van der Waals surface area (Å²) in [6, 6.07) is 0. The molecule has 1 atom stereocenters. The molecule has 5 nitrogen and oxygen atoms in total. The van der Waals surface area contributed by atoms with Crippen LogP contribution in [-0.2, 0) is 9.59 Å². The standard InChI is InChI=1S/C7H9NO4/c1-2-7(8,6(11)12)4-3-5(9)10/h1H,3-4,8H2,(H,9,10)(H,11,12). The molecule has 0 aromatic heterocycles. The second kappa shape index (κ2) is 3.74. The molecule has 0 aliphatic heterocycles. The smallest absolute Gasteiger partial charge is 0.336 e. The Morgan fingerprint density at radius 3 is 2.25 bits per heavy atom. The van der Waals surface area contributed by atoms with Crippen molar-refractivity contribution in [2.45, 2.75) is 18.4 Å². The quantitative estimate of drug-likeness (QED) is 0.484. The molecule has 0 rings (SSSR count).